The maximum absolute atomic E-state index is 12.7. The van der Waals surface area contributed by atoms with Gasteiger partial charge in [0.1, 0.15) is 6.04 Å². The molecular formula is C19H28N2O3S. The summed E-state index contributed by atoms with van der Waals surface area (Å²) in [4.78, 5) is 25.2. The van der Waals surface area contributed by atoms with Gasteiger partial charge in [-0.25, -0.2) is 0 Å². The smallest absolute Gasteiger partial charge is 0.251 e. The Morgan fingerprint density at radius 3 is 2.80 bits per heavy atom. The number of benzene rings is 1. The third-order valence-corrected chi connectivity index (χ3v) is 5.05. The molecule has 0 saturated carbocycles. The summed E-state index contributed by atoms with van der Waals surface area (Å²) in [5, 5.41) is 5.90. The van der Waals surface area contributed by atoms with Crippen LogP contribution in [-0.4, -0.2) is 48.6 Å². The molecular weight excluding hydrogens is 336 g/mol. The highest BCUT2D eigenvalue weighted by Gasteiger charge is 2.27. The first kappa shape index (κ1) is 19.8. The molecule has 1 aromatic carbocycles. The van der Waals surface area contributed by atoms with Gasteiger partial charge in [0.15, 0.2) is 0 Å². The van der Waals surface area contributed by atoms with E-state index in [9.17, 15) is 9.59 Å². The van der Waals surface area contributed by atoms with Crippen molar-refractivity contribution in [3.05, 3.63) is 35.4 Å². The number of nitrogens with one attached hydrogen (secondary N) is 2. The second-order valence-electron chi connectivity index (χ2n) is 6.53. The van der Waals surface area contributed by atoms with Crippen molar-refractivity contribution in [1.29, 1.82) is 0 Å². The van der Waals surface area contributed by atoms with Gasteiger partial charge in [0.25, 0.3) is 5.91 Å². The first-order valence-corrected chi connectivity index (χ1v) is 10.2. The monoisotopic (exact) mass is 364 g/mol. The number of hydrogen-bond donors (Lipinski definition) is 2. The Morgan fingerprint density at radius 1 is 1.36 bits per heavy atom. The van der Waals surface area contributed by atoms with E-state index in [2.05, 4.69) is 10.6 Å². The fourth-order valence-corrected chi connectivity index (χ4v) is 3.42. The van der Waals surface area contributed by atoms with E-state index in [1.54, 1.807) is 17.8 Å². The molecule has 0 aromatic heterocycles. The van der Waals surface area contributed by atoms with Gasteiger partial charge in [0.05, 0.1) is 12.1 Å². The van der Waals surface area contributed by atoms with Gasteiger partial charge in [-0.1, -0.05) is 17.7 Å². The van der Waals surface area contributed by atoms with E-state index in [1.165, 1.54) is 0 Å². The topological polar surface area (TPSA) is 67.4 Å². The van der Waals surface area contributed by atoms with Gasteiger partial charge in [-0.3, -0.25) is 9.59 Å². The quantitative estimate of drug-likeness (QED) is 0.744. The van der Waals surface area contributed by atoms with Crippen LogP contribution in [0.2, 0.25) is 0 Å². The molecule has 1 aliphatic heterocycles. The van der Waals surface area contributed by atoms with E-state index in [-0.39, 0.29) is 24.0 Å². The molecule has 2 rings (SSSR count). The van der Waals surface area contributed by atoms with E-state index in [0.29, 0.717) is 12.0 Å². The summed E-state index contributed by atoms with van der Waals surface area (Å²) in [7, 11) is 0. The van der Waals surface area contributed by atoms with E-state index < -0.39 is 6.04 Å². The number of amides is 2. The van der Waals surface area contributed by atoms with Crippen LogP contribution >= 0.6 is 11.8 Å². The number of carbonyl (C=O) groups excluding carboxylic acids is 2. The molecule has 1 fully saturated rings. The van der Waals surface area contributed by atoms with Crippen molar-refractivity contribution in [2.75, 3.05) is 18.6 Å². The van der Waals surface area contributed by atoms with Crippen molar-refractivity contribution in [2.45, 2.75) is 51.3 Å². The summed E-state index contributed by atoms with van der Waals surface area (Å²) < 4.78 is 5.63. The average molecular weight is 365 g/mol. The van der Waals surface area contributed by atoms with Gasteiger partial charge < -0.3 is 15.4 Å². The van der Waals surface area contributed by atoms with Crippen molar-refractivity contribution in [3.63, 3.8) is 0 Å². The van der Waals surface area contributed by atoms with Gasteiger partial charge >= 0.3 is 0 Å². The molecule has 2 N–H and O–H groups in total. The molecule has 138 valence electrons. The van der Waals surface area contributed by atoms with Crippen molar-refractivity contribution in [3.8, 4) is 0 Å². The predicted octanol–water partition coefficient (Wildman–Crippen LogP) is 2.53. The number of ether oxygens (including phenoxy) is 1. The second-order valence-corrected chi connectivity index (χ2v) is 7.51. The third kappa shape index (κ3) is 6.04. The minimum atomic E-state index is -0.538. The zero-order valence-electron chi connectivity index (χ0n) is 15.2. The summed E-state index contributed by atoms with van der Waals surface area (Å²) in [6, 6.07) is 6.79. The van der Waals surface area contributed by atoms with Crippen LogP contribution in [0.4, 0.5) is 0 Å². The summed E-state index contributed by atoms with van der Waals surface area (Å²) >= 11 is 1.66. The maximum atomic E-state index is 12.7. The molecule has 1 aliphatic rings. The maximum Gasteiger partial charge on any atom is 0.251 e. The molecule has 3 atom stereocenters. The van der Waals surface area contributed by atoms with Crippen LogP contribution in [0.3, 0.4) is 0 Å². The lowest BCUT2D eigenvalue weighted by Gasteiger charge is -2.24. The highest BCUT2D eigenvalue weighted by molar-refractivity contribution is 7.98. The SMILES string of the molecule is CSCCC(NC(=O)c1cccc(C)c1)C(=O)NC(C)C1CCCO1. The van der Waals surface area contributed by atoms with Crippen molar-refractivity contribution in [1.82, 2.24) is 10.6 Å². The standard InChI is InChI=1S/C19H28N2O3S/c1-13-6-4-7-15(12-13)18(22)21-16(9-11-25-3)19(23)20-14(2)17-8-5-10-24-17/h4,6-7,12,14,16-17H,5,8-11H2,1-3H3,(H,20,23)(H,21,22). The Morgan fingerprint density at radius 2 is 2.16 bits per heavy atom. The molecule has 1 saturated heterocycles. The highest BCUT2D eigenvalue weighted by atomic mass is 32.2. The summed E-state index contributed by atoms with van der Waals surface area (Å²) in [6.07, 6.45) is 4.66. The van der Waals surface area contributed by atoms with Crippen LogP contribution in [0.5, 0.6) is 0 Å². The average Bonchev–Trinajstić information content (AvgIpc) is 3.13. The lowest BCUT2D eigenvalue weighted by atomic mass is 10.1. The Balaban J connectivity index is 1.98. The number of hydrogen-bond acceptors (Lipinski definition) is 4. The summed E-state index contributed by atoms with van der Waals surface area (Å²) in [6.45, 7) is 4.66. The Hall–Kier alpha value is -1.53. The van der Waals surface area contributed by atoms with Gasteiger partial charge in [-0.15, -0.1) is 0 Å². The predicted molar refractivity (Wildman–Crippen MR) is 102 cm³/mol. The molecule has 25 heavy (non-hydrogen) atoms. The highest BCUT2D eigenvalue weighted by Crippen LogP contribution is 2.15. The first-order chi connectivity index (χ1) is 12.0. The normalized spacial score (nSPS) is 19.2. The number of rotatable bonds is 8. The molecule has 0 bridgehead atoms. The van der Waals surface area contributed by atoms with Crippen LogP contribution in [0.1, 0.15) is 42.1 Å². The fraction of sp³-hybridized carbons (Fsp3) is 0.579. The first-order valence-electron chi connectivity index (χ1n) is 8.79. The summed E-state index contributed by atoms with van der Waals surface area (Å²) in [5.41, 5.74) is 1.60. The van der Waals surface area contributed by atoms with Crippen LogP contribution in [0.25, 0.3) is 0 Å². The van der Waals surface area contributed by atoms with E-state index in [1.807, 2.05) is 38.3 Å². The molecule has 2 amide bonds. The number of thioether (sulfide) groups is 1. The van der Waals surface area contributed by atoms with Crippen LogP contribution in [0, 0.1) is 6.92 Å². The molecule has 1 heterocycles. The molecule has 6 heteroatoms. The molecule has 0 radical (unpaired) electrons. The van der Waals surface area contributed by atoms with Crippen LogP contribution in [-0.2, 0) is 9.53 Å². The van der Waals surface area contributed by atoms with E-state index in [0.717, 1.165) is 30.8 Å². The van der Waals surface area contributed by atoms with Gasteiger partial charge in [0, 0.05) is 12.2 Å². The number of carbonyl (C=O) groups is 2. The van der Waals surface area contributed by atoms with Gasteiger partial charge in [-0.05, 0) is 57.3 Å². The fourth-order valence-electron chi connectivity index (χ4n) is 2.95. The lowest BCUT2D eigenvalue weighted by molar-refractivity contribution is -0.124. The van der Waals surface area contributed by atoms with Gasteiger partial charge in [0.2, 0.25) is 5.91 Å². The number of aryl methyl sites for hydroxylation is 1. The van der Waals surface area contributed by atoms with Crippen molar-refractivity contribution in [2.24, 2.45) is 0 Å². The molecule has 0 spiro atoms. The minimum Gasteiger partial charge on any atom is -0.376 e. The lowest BCUT2D eigenvalue weighted by Crippen LogP contribution is -2.51. The van der Waals surface area contributed by atoms with Crippen LogP contribution < -0.4 is 10.6 Å². The van der Waals surface area contributed by atoms with Crippen molar-refractivity contribution >= 4 is 23.6 Å². The largest absolute Gasteiger partial charge is 0.376 e. The molecule has 0 aliphatic carbocycles. The van der Waals surface area contributed by atoms with E-state index in [4.69, 9.17) is 4.74 Å². The van der Waals surface area contributed by atoms with Crippen LogP contribution in [0.15, 0.2) is 24.3 Å². The second kappa shape index (κ2) is 9.82. The Labute approximate surface area is 154 Å². The Bertz CT molecular complexity index is 588. The minimum absolute atomic E-state index is 0.0531. The Kier molecular flexibility index (Phi) is 7.78. The van der Waals surface area contributed by atoms with E-state index >= 15 is 0 Å². The molecule has 5 nitrogen and oxygen atoms in total. The zero-order valence-corrected chi connectivity index (χ0v) is 16.0. The molecule has 1 aromatic rings. The van der Waals surface area contributed by atoms with Gasteiger partial charge in [-0.2, -0.15) is 11.8 Å². The zero-order chi connectivity index (χ0) is 18.2. The van der Waals surface area contributed by atoms with Crippen molar-refractivity contribution < 1.29 is 14.3 Å². The summed E-state index contributed by atoms with van der Waals surface area (Å²) in [5.74, 6) is 0.452. The third-order valence-electron chi connectivity index (χ3n) is 4.41. The molecule has 3 unspecified atom stereocenters.